The van der Waals surface area contributed by atoms with Crippen LogP contribution in [0, 0.1) is 0 Å². The number of anilines is 1. The molecule has 8 heteroatoms. The van der Waals surface area contributed by atoms with Gasteiger partial charge in [-0.3, -0.25) is 9.69 Å². The number of aromatic carboxylic acids is 1. The molecule has 0 atom stereocenters. The van der Waals surface area contributed by atoms with Crippen LogP contribution in [0.15, 0.2) is 53.4 Å². The first-order valence-corrected chi connectivity index (χ1v) is 8.78. The Labute approximate surface area is 159 Å². The van der Waals surface area contributed by atoms with Crippen molar-refractivity contribution in [3.8, 4) is 5.75 Å². The molecule has 1 aliphatic rings. The number of carboxylic acids is 1. The van der Waals surface area contributed by atoms with Crippen LogP contribution in [0.5, 0.6) is 5.75 Å². The molecule has 0 bridgehead atoms. The second kappa shape index (κ2) is 7.59. The third-order valence-corrected chi connectivity index (χ3v) is 5.02. The van der Waals surface area contributed by atoms with Crippen molar-refractivity contribution in [3.05, 3.63) is 64.6 Å². The van der Waals surface area contributed by atoms with Crippen LogP contribution >= 0.6 is 24.0 Å². The summed E-state index contributed by atoms with van der Waals surface area (Å²) in [7, 11) is 0. The Hall–Kier alpha value is -2.84. The molecule has 0 saturated carbocycles. The van der Waals surface area contributed by atoms with Gasteiger partial charge in [0.15, 0.2) is 0 Å². The van der Waals surface area contributed by atoms with Gasteiger partial charge < -0.3 is 15.5 Å². The molecule has 0 spiro atoms. The molecule has 1 amide bonds. The summed E-state index contributed by atoms with van der Waals surface area (Å²) in [5.74, 6) is -1.04. The number of nitrogens with zero attached hydrogens (tertiary/aromatic N) is 1. The highest BCUT2D eigenvalue weighted by Gasteiger charge is 2.31. The summed E-state index contributed by atoms with van der Waals surface area (Å²) in [6.45, 7) is 0.185. The maximum Gasteiger partial charge on any atom is 0.335 e. The van der Waals surface area contributed by atoms with E-state index in [1.807, 2.05) is 0 Å². The molecular weight excluding hydrogens is 372 g/mol. The number of carbonyl (C=O) groups excluding carboxylic acids is 1. The Morgan fingerprint density at radius 3 is 2.42 bits per heavy atom. The smallest absolute Gasteiger partial charge is 0.335 e. The zero-order valence-electron chi connectivity index (χ0n) is 13.4. The molecule has 3 rings (SSSR count). The zero-order chi connectivity index (χ0) is 18.7. The predicted molar refractivity (Wildman–Crippen MR) is 105 cm³/mol. The zero-order valence-corrected chi connectivity index (χ0v) is 15.0. The van der Waals surface area contributed by atoms with Crippen LogP contribution in [0.25, 0.3) is 6.08 Å². The number of hydrogen-bond acceptors (Lipinski definition) is 6. The second-order valence-corrected chi connectivity index (χ2v) is 7.09. The van der Waals surface area contributed by atoms with Gasteiger partial charge in [0.05, 0.1) is 17.1 Å². The molecule has 0 radical (unpaired) electrons. The SMILES string of the molecule is O=C(O)c1ccc(NCN2C(=O)/C(=C/c3ccc(O)cc3)SC2=S)cc1. The number of aromatic hydroxyl groups is 1. The number of hydrogen-bond donors (Lipinski definition) is 3. The first-order chi connectivity index (χ1) is 12.4. The maximum absolute atomic E-state index is 12.5. The fourth-order valence-electron chi connectivity index (χ4n) is 2.26. The van der Waals surface area contributed by atoms with E-state index < -0.39 is 5.97 Å². The maximum atomic E-state index is 12.5. The molecule has 1 aliphatic heterocycles. The van der Waals surface area contributed by atoms with Crippen molar-refractivity contribution in [2.75, 3.05) is 12.0 Å². The van der Waals surface area contributed by atoms with Crippen molar-refractivity contribution in [1.29, 1.82) is 0 Å². The van der Waals surface area contributed by atoms with Gasteiger partial charge in [0, 0.05) is 5.69 Å². The minimum Gasteiger partial charge on any atom is -0.508 e. The monoisotopic (exact) mass is 386 g/mol. The Balaban J connectivity index is 1.67. The molecule has 0 aliphatic carbocycles. The Bertz CT molecular complexity index is 892. The van der Waals surface area contributed by atoms with Crippen molar-refractivity contribution in [2.45, 2.75) is 0 Å². The summed E-state index contributed by atoms with van der Waals surface area (Å²) >= 11 is 6.48. The summed E-state index contributed by atoms with van der Waals surface area (Å²) in [5, 5.41) is 21.3. The fourth-order valence-corrected chi connectivity index (χ4v) is 3.51. The number of carboxylic acid groups (broad SMARTS) is 1. The minimum absolute atomic E-state index is 0.160. The van der Waals surface area contributed by atoms with Crippen LogP contribution in [0.1, 0.15) is 15.9 Å². The van der Waals surface area contributed by atoms with Gasteiger partial charge in [-0.05, 0) is 48.0 Å². The Morgan fingerprint density at radius 1 is 1.15 bits per heavy atom. The molecule has 0 unspecified atom stereocenters. The first kappa shape index (κ1) is 18.0. The van der Waals surface area contributed by atoms with Gasteiger partial charge in [-0.25, -0.2) is 4.79 Å². The number of thioether (sulfide) groups is 1. The average molecular weight is 386 g/mol. The molecule has 26 heavy (non-hydrogen) atoms. The van der Waals surface area contributed by atoms with Gasteiger partial charge in [0.1, 0.15) is 10.1 Å². The van der Waals surface area contributed by atoms with E-state index in [2.05, 4.69) is 5.32 Å². The summed E-state index contributed by atoms with van der Waals surface area (Å²) in [5.41, 5.74) is 1.67. The standard InChI is InChI=1S/C18H14N2O4S2/c21-14-7-1-11(2-8-14)9-15-16(22)20(18(25)26-15)10-19-13-5-3-12(4-6-13)17(23)24/h1-9,19,21H,10H2,(H,23,24)/b15-9-. The van der Waals surface area contributed by atoms with E-state index in [0.29, 0.717) is 14.9 Å². The fraction of sp³-hybridized carbons (Fsp3) is 0.0556. The number of carbonyl (C=O) groups is 2. The topological polar surface area (TPSA) is 89.9 Å². The molecule has 1 heterocycles. The number of nitrogens with one attached hydrogen (secondary N) is 1. The molecular formula is C18H14N2O4S2. The lowest BCUT2D eigenvalue weighted by Gasteiger charge is -2.16. The number of amides is 1. The van der Waals surface area contributed by atoms with Crippen molar-refractivity contribution in [1.82, 2.24) is 4.90 Å². The molecule has 2 aromatic carbocycles. The summed E-state index contributed by atoms with van der Waals surface area (Å²) in [4.78, 5) is 25.3. The molecule has 1 fully saturated rings. The van der Waals surface area contributed by atoms with Crippen LogP contribution in [0.2, 0.25) is 0 Å². The third-order valence-electron chi connectivity index (χ3n) is 3.64. The molecule has 6 nitrogen and oxygen atoms in total. The van der Waals surface area contributed by atoms with Crippen molar-refractivity contribution in [2.24, 2.45) is 0 Å². The van der Waals surface area contributed by atoms with Gasteiger partial charge in [0.2, 0.25) is 0 Å². The predicted octanol–water partition coefficient (Wildman–Crippen LogP) is 3.36. The van der Waals surface area contributed by atoms with E-state index in [9.17, 15) is 14.7 Å². The molecule has 1 saturated heterocycles. The lowest BCUT2D eigenvalue weighted by atomic mass is 10.2. The largest absolute Gasteiger partial charge is 0.508 e. The highest BCUT2D eigenvalue weighted by atomic mass is 32.2. The summed E-state index contributed by atoms with van der Waals surface area (Å²) in [6.07, 6.45) is 1.72. The van der Waals surface area contributed by atoms with Crippen LogP contribution in [-0.2, 0) is 4.79 Å². The number of benzene rings is 2. The highest BCUT2D eigenvalue weighted by molar-refractivity contribution is 8.26. The van der Waals surface area contributed by atoms with Crippen LogP contribution in [0.3, 0.4) is 0 Å². The van der Waals surface area contributed by atoms with Gasteiger partial charge in [-0.2, -0.15) is 0 Å². The summed E-state index contributed by atoms with van der Waals surface area (Å²) < 4.78 is 0.440. The minimum atomic E-state index is -0.993. The second-order valence-electron chi connectivity index (χ2n) is 5.42. The Morgan fingerprint density at radius 2 is 1.81 bits per heavy atom. The normalized spacial score (nSPS) is 15.5. The van der Waals surface area contributed by atoms with Crippen LogP contribution < -0.4 is 5.32 Å². The van der Waals surface area contributed by atoms with Gasteiger partial charge in [-0.1, -0.05) is 36.1 Å². The van der Waals surface area contributed by atoms with Crippen LogP contribution in [-0.4, -0.2) is 38.0 Å². The van der Waals surface area contributed by atoms with E-state index in [4.69, 9.17) is 17.3 Å². The van der Waals surface area contributed by atoms with Crippen LogP contribution in [0.4, 0.5) is 5.69 Å². The van der Waals surface area contributed by atoms with Gasteiger partial charge in [0.25, 0.3) is 5.91 Å². The van der Waals surface area contributed by atoms with E-state index >= 15 is 0 Å². The number of phenolic OH excluding ortho intramolecular Hbond substituents is 1. The average Bonchev–Trinajstić information content (AvgIpc) is 2.89. The lowest BCUT2D eigenvalue weighted by Crippen LogP contribution is -2.33. The number of rotatable bonds is 5. The van der Waals surface area contributed by atoms with E-state index in [-0.39, 0.29) is 23.9 Å². The van der Waals surface area contributed by atoms with E-state index in [1.165, 1.54) is 28.8 Å². The molecule has 0 aromatic heterocycles. The van der Waals surface area contributed by atoms with Gasteiger partial charge >= 0.3 is 5.97 Å². The van der Waals surface area contributed by atoms with Gasteiger partial charge in [-0.15, -0.1) is 0 Å². The van der Waals surface area contributed by atoms with E-state index in [0.717, 1.165) is 5.56 Å². The van der Waals surface area contributed by atoms with Crippen molar-refractivity contribution in [3.63, 3.8) is 0 Å². The molecule has 3 N–H and O–H groups in total. The number of phenols is 1. The van der Waals surface area contributed by atoms with E-state index in [1.54, 1.807) is 42.5 Å². The third kappa shape index (κ3) is 4.04. The number of thiocarbonyl (C=S) groups is 1. The Kier molecular flexibility index (Phi) is 5.24. The van der Waals surface area contributed by atoms with Crippen molar-refractivity contribution >= 4 is 51.9 Å². The highest BCUT2D eigenvalue weighted by Crippen LogP contribution is 2.32. The molecule has 2 aromatic rings. The summed E-state index contributed by atoms with van der Waals surface area (Å²) in [6, 6.07) is 12.8. The quantitative estimate of drug-likeness (QED) is 0.536. The van der Waals surface area contributed by atoms with Crippen molar-refractivity contribution < 1.29 is 19.8 Å². The first-order valence-electron chi connectivity index (χ1n) is 7.55. The lowest BCUT2D eigenvalue weighted by molar-refractivity contribution is -0.121. The molecule has 132 valence electrons.